The van der Waals surface area contributed by atoms with Crippen molar-refractivity contribution in [2.45, 2.75) is 238 Å². The number of nitrogens with one attached hydrogen (secondary N) is 1. The van der Waals surface area contributed by atoms with Crippen LogP contribution in [0.3, 0.4) is 0 Å². The Hall–Kier alpha value is -1.17. The van der Waals surface area contributed by atoms with Crippen LogP contribution < -0.4 is 5.32 Å². The summed E-state index contributed by atoms with van der Waals surface area (Å²) in [6.45, 7) is 4.17. The van der Waals surface area contributed by atoms with Crippen LogP contribution in [0.2, 0.25) is 0 Å². The van der Waals surface area contributed by atoms with Crippen LogP contribution in [0.15, 0.2) is 24.3 Å². The number of hydrogen-bond acceptors (Lipinski definition) is 4. The third-order valence-electron chi connectivity index (χ3n) is 9.79. The molecule has 0 aromatic rings. The number of aliphatic hydroxyl groups is 3. The minimum atomic E-state index is -1.10. The van der Waals surface area contributed by atoms with E-state index in [1.807, 2.05) is 6.08 Å². The zero-order valence-corrected chi connectivity index (χ0v) is 32.1. The molecule has 3 atom stereocenters. The molecule has 5 heteroatoms. The predicted octanol–water partition coefficient (Wildman–Crippen LogP) is 11.8. The number of unbranched alkanes of at least 4 members (excludes halogenated alkanes) is 28. The molecule has 0 fully saturated rings. The molecule has 4 N–H and O–H groups in total. The molecule has 0 aliphatic carbocycles. The van der Waals surface area contributed by atoms with Gasteiger partial charge in [0.2, 0.25) is 5.91 Å². The van der Waals surface area contributed by atoms with Crippen molar-refractivity contribution in [1.29, 1.82) is 0 Å². The molecular weight excluding hydrogens is 594 g/mol. The molecule has 0 saturated heterocycles. The van der Waals surface area contributed by atoms with E-state index < -0.39 is 24.2 Å². The summed E-state index contributed by atoms with van der Waals surface area (Å²) in [4.78, 5) is 12.4. The van der Waals surface area contributed by atoms with E-state index in [-0.39, 0.29) is 6.61 Å². The van der Waals surface area contributed by atoms with Crippen molar-refractivity contribution in [2.75, 3.05) is 6.61 Å². The first kappa shape index (κ1) is 46.8. The monoisotopic (exact) mass is 678 g/mol. The molecule has 0 aliphatic heterocycles. The normalized spacial score (nSPS) is 13.9. The molecule has 1 amide bonds. The average Bonchev–Trinajstić information content (AvgIpc) is 3.09. The Bertz CT molecular complexity index is 709. The fourth-order valence-corrected chi connectivity index (χ4v) is 6.44. The molecule has 284 valence electrons. The molecule has 5 nitrogen and oxygen atoms in total. The summed E-state index contributed by atoms with van der Waals surface area (Å²) >= 11 is 0. The van der Waals surface area contributed by atoms with Crippen molar-refractivity contribution in [2.24, 2.45) is 0 Å². The minimum absolute atomic E-state index is 0.373. The first-order valence-corrected chi connectivity index (χ1v) is 21.2. The van der Waals surface area contributed by atoms with Crippen LogP contribution in [-0.2, 0) is 4.79 Å². The van der Waals surface area contributed by atoms with Crippen molar-refractivity contribution in [3.05, 3.63) is 24.3 Å². The topological polar surface area (TPSA) is 89.8 Å². The molecule has 0 spiro atoms. The van der Waals surface area contributed by atoms with E-state index in [0.29, 0.717) is 6.42 Å². The number of aliphatic hydroxyl groups excluding tert-OH is 3. The van der Waals surface area contributed by atoms with Crippen LogP contribution >= 0.6 is 0 Å². The van der Waals surface area contributed by atoms with Gasteiger partial charge in [0.25, 0.3) is 0 Å². The van der Waals surface area contributed by atoms with Gasteiger partial charge < -0.3 is 20.6 Å². The lowest BCUT2D eigenvalue weighted by Gasteiger charge is -2.21. The first-order valence-electron chi connectivity index (χ1n) is 21.2. The van der Waals surface area contributed by atoms with Crippen LogP contribution in [-0.4, -0.2) is 46.1 Å². The summed E-state index contributed by atoms with van der Waals surface area (Å²) in [5, 5.41) is 33.1. The molecule has 3 unspecified atom stereocenters. The molecule has 0 aromatic carbocycles. The van der Waals surface area contributed by atoms with Gasteiger partial charge >= 0.3 is 0 Å². The second-order valence-electron chi connectivity index (χ2n) is 14.6. The molecule has 48 heavy (non-hydrogen) atoms. The number of rotatable bonds is 38. The van der Waals surface area contributed by atoms with Crippen molar-refractivity contribution in [1.82, 2.24) is 5.32 Å². The molecule has 0 saturated carbocycles. The zero-order chi connectivity index (χ0) is 35.2. The quantitative estimate of drug-likeness (QED) is 0.0387. The highest BCUT2D eigenvalue weighted by molar-refractivity contribution is 5.80. The predicted molar refractivity (Wildman–Crippen MR) is 208 cm³/mol. The van der Waals surface area contributed by atoms with Gasteiger partial charge in [0.05, 0.1) is 18.8 Å². The van der Waals surface area contributed by atoms with Gasteiger partial charge in [-0.05, 0) is 32.1 Å². The van der Waals surface area contributed by atoms with Gasteiger partial charge in [-0.1, -0.05) is 212 Å². The number of carbonyl (C=O) groups is 1. The standard InChI is InChI=1S/C43H83NO4/c1-3-5-7-9-11-13-15-17-19-20-21-22-24-25-27-29-31-33-35-37-41(46)40(39-45)44-43(48)42(47)38-36-34-32-30-28-26-23-18-16-14-12-10-8-6-4-2/h27,29,35,37,40-42,45-47H,3-26,28,30-34,36,38-39H2,1-2H3,(H,44,48)/b29-27+,37-35+. The largest absolute Gasteiger partial charge is 0.394 e. The van der Waals surface area contributed by atoms with Gasteiger partial charge in [-0.25, -0.2) is 0 Å². The number of amides is 1. The van der Waals surface area contributed by atoms with Gasteiger partial charge in [0.15, 0.2) is 0 Å². The number of allylic oxidation sites excluding steroid dienone is 3. The Morgan fingerprint density at radius 3 is 1.27 bits per heavy atom. The first-order chi connectivity index (χ1) is 23.6. The lowest BCUT2D eigenvalue weighted by atomic mass is 10.0. The van der Waals surface area contributed by atoms with E-state index >= 15 is 0 Å². The van der Waals surface area contributed by atoms with Crippen LogP contribution in [0.4, 0.5) is 0 Å². The highest BCUT2D eigenvalue weighted by atomic mass is 16.3. The fourth-order valence-electron chi connectivity index (χ4n) is 6.44. The van der Waals surface area contributed by atoms with Crippen molar-refractivity contribution in [3.63, 3.8) is 0 Å². The second-order valence-corrected chi connectivity index (χ2v) is 14.6. The maximum absolute atomic E-state index is 12.4. The highest BCUT2D eigenvalue weighted by Gasteiger charge is 2.22. The second kappa shape index (κ2) is 38.6. The smallest absolute Gasteiger partial charge is 0.249 e. The lowest BCUT2D eigenvalue weighted by molar-refractivity contribution is -0.131. The van der Waals surface area contributed by atoms with Crippen LogP contribution in [0, 0.1) is 0 Å². The van der Waals surface area contributed by atoms with E-state index in [0.717, 1.165) is 38.5 Å². The SMILES string of the molecule is CCCCCCCCCCCCCCC/C=C/CC/C=C/C(O)C(CO)NC(=O)C(O)CCCCCCCCCCCCCCCCC. The molecular formula is C43H83NO4. The Morgan fingerprint density at radius 1 is 0.500 bits per heavy atom. The molecule has 0 rings (SSSR count). The van der Waals surface area contributed by atoms with Crippen molar-refractivity contribution in [3.8, 4) is 0 Å². The van der Waals surface area contributed by atoms with Crippen LogP contribution in [0.5, 0.6) is 0 Å². The summed E-state index contributed by atoms with van der Waals surface area (Å²) in [6.07, 6.45) is 46.3. The molecule has 0 radical (unpaired) electrons. The number of carbonyl (C=O) groups excluding carboxylic acids is 1. The van der Waals surface area contributed by atoms with Crippen molar-refractivity contribution < 1.29 is 20.1 Å². The Labute approximate surface area is 299 Å². The molecule has 0 bridgehead atoms. The van der Waals surface area contributed by atoms with E-state index in [1.54, 1.807) is 6.08 Å². The van der Waals surface area contributed by atoms with Crippen LogP contribution in [0.1, 0.15) is 219 Å². The average molecular weight is 678 g/mol. The molecule has 0 aromatic heterocycles. The summed E-state index contributed by atoms with van der Waals surface area (Å²) in [7, 11) is 0. The maximum Gasteiger partial charge on any atom is 0.249 e. The van der Waals surface area contributed by atoms with E-state index in [1.165, 1.54) is 161 Å². The summed E-state index contributed by atoms with van der Waals surface area (Å²) in [5.41, 5.74) is 0. The van der Waals surface area contributed by atoms with Crippen molar-refractivity contribution >= 4 is 5.91 Å². The highest BCUT2D eigenvalue weighted by Crippen LogP contribution is 2.15. The summed E-state index contributed by atoms with van der Waals surface area (Å²) in [6, 6.07) is -0.810. The Balaban J connectivity index is 3.72. The third kappa shape index (κ3) is 33.3. The fraction of sp³-hybridized carbons (Fsp3) is 0.884. The van der Waals surface area contributed by atoms with Gasteiger partial charge in [-0.15, -0.1) is 0 Å². The third-order valence-corrected chi connectivity index (χ3v) is 9.79. The minimum Gasteiger partial charge on any atom is -0.394 e. The van der Waals surface area contributed by atoms with Gasteiger partial charge in [0, 0.05) is 0 Å². The lowest BCUT2D eigenvalue weighted by Crippen LogP contribution is -2.48. The molecule has 0 heterocycles. The van der Waals surface area contributed by atoms with Crippen LogP contribution in [0.25, 0.3) is 0 Å². The maximum atomic E-state index is 12.4. The zero-order valence-electron chi connectivity index (χ0n) is 32.1. The summed E-state index contributed by atoms with van der Waals surface area (Å²) < 4.78 is 0. The Morgan fingerprint density at radius 2 is 0.854 bits per heavy atom. The van der Waals surface area contributed by atoms with E-state index in [4.69, 9.17) is 0 Å². The number of hydrogen-bond donors (Lipinski definition) is 4. The van der Waals surface area contributed by atoms with Gasteiger partial charge in [0.1, 0.15) is 6.10 Å². The molecule has 0 aliphatic rings. The van der Waals surface area contributed by atoms with Gasteiger partial charge in [-0.3, -0.25) is 4.79 Å². The van der Waals surface area contributed by atoms with E-state index in [2.05, 4.69) is 31.3 Å². The van der Waals surface area contributed by atoms with Gasteiger partial charge in [-0.2, -0.15) is 0 Å². The van der Waals surface area contributed by atoms with E-state index in [9.17, 15) is 20.1 Å². The Kier molecular flexibility index (Phi) is 37.7. The summed E-state index contributed by atoms with van der Waals surface area (Å²) in [5.74, 6) is -0.511.